The molecule has 5 heterocycles. The van der Waals surface area contributed by atoms with Gasteiger partial charge in [0.15, 0.2) is 21.4 Å². The Labute approximate surface area is 423 Å². The Morgan fingerprint density at radius 1 is 0.732 bits per heavy atom. The van der Waals surface area contributed by atoms with Gasteiger partial charge >= 0.3 is 0 Å². The Morgan fingerprint density at radius 3 is 1.97 bits per heavy atom. The first-order valence-electron chi connectivity index (χ1n) is 26.0. The predicted molar refractivity (Wildman–Crippen MR) is 273 cm³/mol. The van der Waals surface area contributed by atoms with Gasteiger partial charge in [-0.25, -0.2) is 8.42 Å². The lowest BCUT2D eigenvalue weighted by atomic mass is 9.79. The number of fused-ring (bicyclic) bond motifs is 1. The van der Waals surface area contributed by atoms with E-state index in [4.69, 9.17) is 42.3 Å². The van der Waals surface area contributed by atoms with Crippen LogP contribution in [0.25, 0.3) is 0 Å². The van der Waals surface area contributed by atoms with Crippen molar-refractivity contribution in [2.75, 3.05) is 27.1 Å². The molecule has 5 aliphatic rings. The van der Waals surface area contributed by atoms with Crippen molar-refractivity contribution >= 4 is 28.5 Å². The molecular weight excluding hydrogens is 937 g/mol. The first-order chi connectivity index (χ1) is 34.2. The zero-order chi connectivity index (χ0) is 49.9. The SMILES string of the molecule is COCO[C@H]1[C@@H]2O[C@]3(CC[C@H](CO[Si](c4ccccc4)(c4ccccc4)C(C)(C)C)O3)CC[C@H]2O[C@@H](C(O)C([C@H](C)C2O[C@@]3(CCCCO3)CC[C@H]2C)S(=O)(=O)c2ccccc2)[C@H]1OCc1ccccc1. The summed E-state index contributed by atoms with van der Waals surface area (Å²) < 4.78 is 91.6. The highest BCUT2D eigenvalue weighted by molar-refractivity contribution is 7.92. The lowest BCUT2D eigenvalue weighted by molar-refractivity contribution is -0.360. The molecule has 5 fully saturated rings. The number of methoxy groups -OCH3 is 1. The van der Waals surface area contributed by atoms with Gasteiger partial charge in [0.25, 0.3) is 8.32 Å². The lowest BCUT2D eigenvalue weighted by Gasteiger charge is -2.53. The predicted octanol–water partition coefficient (Wildman–Crippen LogP) is 8.51. The minimum Gasteiger partial charge on any atom is -0.405 e. The second-order valence-electron chi connectivity index (χ2n) is 21.7. The zero-order valence-electron chi connectivity index (χ0n) is 42.4. The van der Waals surface area contributed by atoms with E-state index in [0.29, 0.717) is 32.5 Å². The topological polar surface area (TPSA) is 137 Å². The zero-order valence-corrected chi connectivity index (χ0v) is 44.3. The third kappa shape index (κ3) is 10.9. The van der Waals surface area contributed by atoms with Crippen LogP contribution in [0.15, 0.2) is 126 Å². The highest BCUT2D eigenvalue weighted by atomic mass is 32.2. The lowest BCUT2D eigenvalue weighted by Crippen LogP contribution is -2.68. The number of ether oxygens (including phenoxy) is 8. The second kappa shape index (κ2) is 22.2. The van der Waals surface area contributed by atoms with E-state index in [9.17, 15) is 5.11 Å². The van der Waals surface area contributed by atoms with Gasteiger partial charge in [-0.15, -0.1) is 0 Å². The van der Waals surface area contributed by atoms with Crippen LogP contribution in [0.4, 0.5) is 0 Å². The fraction of sp³-hybridized carbons (Fsp3) is 0.579. The Balaban J connectivity index is 1.02. The third-order valence-corrected chi connectivity index (χ3v) is 23.3. The molecule has 4 aromatic rings. The highest BCUT2D eigenvalue weighted by Gasteiger charge is 2.60. The van der Waals surface area contributed by atoms with E-state index in [2.05, 4.69) is 76.2 Å². The largest absolute Gasteiger partial charge is 0.405 e. The second-order valence-corrected chi connectivity index (χ2v) is 28.1. The van der Waals surface area contributed by atoms with Crippen molar-refractivity contribution in [1.82, 2.24) is 0 Å². The summed E-state index contributed by atoms with van der Waals surface area (Å²) in [4.78, 5) is 0.111. The Bertz CT molecular complexity index is 2360. The number of hydrogen-bond acceptors (Lipinski definition) is 12. The van der Waals surface area contributed by atoms with E-state index < -0.39 is 83.6 Å². The van der Waals surface area contributed by atoms with Gasteiger partial charge < -0.3 is 47.4 Å². The number of benzene rings is 4. The molecule has 5 saturated heterocycles. The van der Waals surface area contributed by atoms with Crippen LogP contribution < -0.4 is 10.4 Å². The summed E-state index contributed by atoms with van der Waals surface area (Å²) in [6.07, 6.45) is -0.157. The summed E-state index contributed by atoms with van der Waals surface area (Å²) >= 11 is 0. The summed E-state index contributed by atoms with van der Waals surface area (Å²) in [6.45, 7) is 11.8. The maximum absolute atomic E-state index is 15.3. The minimum atomic E-state index is -4.24. The van der Waals surface area contributed by atoms with Crippen LogP contribution in [-0.2, 0) is 58.8 Å². The highest BCUT2D eigenvalue weighted by Crippen LogP contribution is 2.49. The third-order valence-electron chi connectivity index (χ3n) is 16.0. The van der Waals surface area contributed by atoms with Crippen LogP contribution in [-0.4, -0.2) is 115 Å². The number of rotatable bonds is 17. The first kappa shape index (κ1) is 52.5. The molecule has 2 spiro atoms. The van der Waals surface area contributed by atoms with Crippen molar-refractivity contribution < 1.29 is 55.8 Å². The fourth-order valence-electron chi connectivity index (χ4n) is 12.4. The number of aliphatic hydroxyl groups excluding tert-OH is 1. The van der Waals surface area contributed by atoms with Crippen molar-refractivity contribution in [3.8, 4) is 0 Å². The molecule has 4 aromatic carbocycles. The van der Waals surface area contributed by atoms with E-state index in [1.165, 1.54) is 10.4 Å². The average molecular weight is 1010 g/mol. The molecule has 0 bridgehead atoms. The van der Waals surface area contributed by atoms with Gasteiger partial charge in [-0.2, -0.15) is 0 Å². The molecule has 0 aliphatic carbocycles. The molecule has 0 saturated carbocycles. The molecular formula is C57H76O12SSi. The number of aliphatic hydroxyl groups is 1. The van der Waals surface area contributed by atoms with Crippen LogP contribution in [0.5, 0.6) is 0 Å². The molecule has 14 heteroatoms. The molecule has 12 nitrogen and oxygen atoms in total. The van der Waals surface area contributed by atoms with Crippen LogP contribution in [0, 0.1) is 11.8 Å². The Hall–Kier alpha value is -3.35. The molecule has 3 unspecified atom stereocenters. The maximum Gasteiger partial charge on any atom is 0.261 e. The van der Waals surface area contributed by atoms with Crippen LogP contribution in [0.2, 0.25) is 5.04 Å². The van der Waals surface area contributed by atoms with E-state index in [-0.39, 0.29) is 35.4 Å². The maximum atomic E-state index is 15.3. The first-order valence-corrected chi connectivity index (χ1v) is 29.5. The molecule has 1 N–H and O–H groups in total. The standard InChI is InChI=1S/C57H76O12SSi/c1-40-29-33-56(32-19-20-36-64-56)68-49(40)41(2)54(70(59,60)44-23-13-8-14-24-44)48(58)51-53(62-37-42-21-11-7-12-22-42)52(63-39-61-6)50-47(66-51)31-35-57(69-50)34-30-43(67-57)38-65-71(55(3,4)5,45-25-15-9-16-26-45)46-27-17-10-18-28-46/h7-18,21-28,40-41,43,47-54,58H,19-20,29-39H2,1-6H3/t40-,41-,43-,47-,48?,49?,50-,51+,52+,53-,54?,56+,57-/m1/s1. The number of hydrogen-bond donors (Lipinski definition) is 1. The summed E-state index contributed by atoms with van der Waals surface area (Å²) in [5.74, 6) is -2.44. The van der Waals surface area contributed by atoms with Crippen LogP contribution in [0.1, 0.15) is 98.0 Å². The van der Waals surface area contributed by atoms with Crippen molar-refractivity contribution in [3.05, 3.63) is 127 Å². The van der Waals surface area contributed by atoms with Gasteiger partial charge in [0, 0.05) is 38.7 Å². The smallest absolute Gasteiger partial charge is 0.261 e. The molecule has 5 aliphatic heterocycles. The monoisotopic (exact) mass is 1010 g/mol. The molecule has 71 heavy (non-hydrogen) atoms. The van der Waals surface area contributed by atoms with Crippen molar-refractivity contribution in [2.24, 2.45) is 11.8 Å². The molecule has 9 rings (SSSR count). The van der Waals surface area contributed by atoms with Gasteiger partial charge in [-0.1, -0.05) is 144 Å². The van der Waals surface area contributed by atoms with Crippen molar-refractivity contribution in [2.45, 2.75) is 175 Å². The van der Waals surface area contributed by atoms with Crippen molar-refractivity contribution in [1.29, 1.82) is 0 Å². The van der Waals surface area contributed by atoms with E-state index in [1.807, 2.05) is 49.4 Å². The van der Waals surface area contributed by atoms with Crippen molar-refractivity contribution in [3.63, 3.8) is 0 Å². The van der Waals surface area contributed by atoms with Gasteiger partial charge in [-0.3, -0.25) is 0 Å². The van der Waals surface area contributed by atoms with E-state index in [1.54, 1.807) is 37.4 Å². The van der Waals surface area contributed by atoms with Gasteiger partial charge in [0.1, 0.15) is 37.3 Å². The average Bonchev–Trinajstić information content (AvgIpc) is 3.78. The molecule has 0 aromatic heterocycles. The minimum absolute atomic E-state index is 0.00568. The fourth-order valence-corrected chi connectivity index (χ4v) is 19.1. The summed E-state index contributed by atoms with van der Waals surface area (Å²) in [6, 6.07) is 39.4. The van der Waals surface area contributed by atoms with Gasteiger partial charge in [-0.05, 0) is 71.1 Å². The normalized spacial score (nSPS) is 31.8. The number of sulfone groups is 1. The molecule has 0 amide bonds. The summed E-state index contributed by atoms with van der Waals surface area (Å²) in [5, 5.41) is 14.0. The van der Waals surface area contributed by atoms with E-state index >= 15 is 8.42 Å². The molecule has 0 radical (unpaired) electrons. The van der Waals surface area contributed by atoms with Gasteiger partial charge in [0.2, 0.25) is 0 Å². The van der Waals surface area contributed by atoms with Crippen LogP contribution >= 0.6 is 0 Å². The summed E-state index contributed by atoms with van der Waals surface area (Å²) in [5.41, 5.74) is 0.890. The Kier molecular flexibility index (Phi) is 16.4. The molecule has 386 valence electrons. The quantitative estimate of drug-likeness (QED) is 0.0802. The van der Waals surface area contributed by atoms with Gasteiger partial charge in [0.05, 0.1) is 48.3 Å². The van der Waals surface area contributed by atoms with E-state index in [0.717, 1.165) is 44.1 Å². The molecule has 13 atom stereocenters. The van der Waals surface area contributed by atoms with Crippen LogP contribution in [0.3, 0.4) is 0 Å². The Morgan fingerprint density at radius 2 is 1.35 bits per heavy atom. The summed E-state index contributed by atoms with van der Waals surface area (Å²) in [7, 11) is -5.53.